The second kappa shape index (κ2) is 8.50. The number of carbonyl (C=O) groups excluding carboxylic acids is 1. The summed E-state index contributed by atoms with van der Waals surface area (Å²) in [5.74, 6) is 0. The van der Waals surface area contributed by atoms with Crippen LogP contribution in [0.2, 0.25) is 0 Å². The number of carbonyl (C=O) groups is 1. The van der Waals surface area contributed by atoms with E-state index in [0.29, 0.717) is 0 Å². The molecule has 0 aromatic rings. The summed E-state index contributed by atoms with van der Waals surface area (Å²) < 4.78 is 11.1. The van der Waals surface area contributed by atoms with E-state index in [-0.39, 0.29) is 23.7 Å². The summed E-state index contributed by atoms with van der Waals surface area (Å²) in [5.41, 5.74) is 0.127. The first-order chi connectivity index (χ1) is 11.7. The number of rotatable bonds is 4. The first kappa shape index (κ1) is 18.0. The first-order valence-corrected chi connectivity index (χ1v) is 9.67. The maximum Gasteiger partial charge on any atom is 0.315 e. The van der Waals surface area contributed by atoms with Gasteiger partial charge in [-0.3, -0.25) is 4.90 Å². The number of urea groups is 1. The fourth-order valence-electron chi connectivity index (χ4n) is 4.46. The summed E-state index contributed by atoms with van der Waals surface area (Å²) in [6.07, 6.45) is 8.26. The van der Waals surface area contributed by atoms with Crippen LogP contribution in [-0.2, 0) is 9.47 Å². The summed E-state index contributed by atoms with van der Waals surface area (Å²) in [7, 11) is 0. The van der Waals surface area contributed by atoms with Crippen molar-refractivity contribution in [2.24, 2.45) is 0 Å². The third-order valence-electron chi connectivity index (χ3n) is 5.86. The number of nitrogens with zero attached hydrogens (tertiary/aromatic N) is 1. The molecule has 24 heavy (non-hydrogen) atoms. The molecule has 138 valence electrons. The molecule has 0 bridgehead atoms. The smallest absolute Gasteiger partial charge is 0.315 e. The highest BCUT2D eigenvalue weighted by atomic mass is 16.5. The minimum atomic E-state index is -0.0210. The number of hydrogen-bond acceptors (Lipinski definition) is 4. The fourth-order valence-corrected chi connectivity index (χ4v) is 4.46. The molecular formula is C18H33N3O3. The maximum atomic E-state index is 12.4. The SMILES string of the molecule is C[C@H]1C[C@H](NC(=O)NCC2(N3CCOCC3)CCCCC2)CCO1. The van der Waals surface area contributed by atoms with Gasteiger partial charge in [-0.2, -0.15) is 0 Å². The molecule has 2 amide bonds. The van der Waals surface area contributed by atoms with E-state index >= 15 is 0 Å². The Morgan fingerprint density at radius 1 is 1.17 bits per heavy atom. The van der Waals surface area contributed by atoms with Crippen LogP contribution in [-0.4, -0.2) is 68.1 Å². The van der Waals surface area contributed by atoms with Crippen LogP contribution in [0.3, 0.4) is 0 Å². The van der Waals surface area contributed by atoms with Gasteiger partial charge in [0.2, 0.25) is 0 Å². The van der Waals surface area contributed by atoms with Crippen LogP contribution < -0.4 is 10.6 Å². The second-order valence-electron chi connectivity index (χ2n) is 7.61. The Kier molecular flexibility index (Phi) is 6.36. The van der Waals surface area contributed by atoms with Crippen LogP contribution in [0.1, 0.15) is 51.9 Å². The van der Waals surface area contributed by atoms with Crippen molar-refractivity contribution >= 4 is 6.03 Å². The number of ether oxygens (including phenoxy) is 2. The zero-order chi connectivity index (χ0) is 16.8. The molecule has 0 unspecified atom stereocenters. The minimum absolute atomic E-state index is 0.0210. The van der Waals surface area contributed by atoms with Crippen LogP contribution >= 0.6 is 0 Å². The van der Waals surface area contributed by atoms with Crippen molar-refractivity contribution < 1.29 is 14.3 Å². The summed E-state index contributed by atoms with van der Waals surface area (Å²) in [6, 6.07) is 0.215. The molecule has 0 radical (unpaired) electrons. The lowest BCUT2D eigenvalue weighted by molar-refractivity contribution is -0.0358. The molecule has 2 heterocycles. The molecule has 2 aliphatic heterocycles. The third kappa shape index (κ3) is 4.61. The second-order valence-corrected chi connectivity index (χ2v) is 7.61. The molecular weight excluding hydrogens is 306 g/mol. The van der Waals surface area contributed by atoms with E-state index in [1.807, 2.05) is 0 Å². The third-order valence-corrected chi connectivity index (χ3v) is 5.86. The molecule has 3 aliphatic rings. The fraction of sp³-hybridized carbons (Fsp3) is 0.944. The predicted octanol–water partition coefficient (Wildman–Crippen LogP) is 1.89. The summed E-state index contributed by atoms with van der Waals surface area (Å²) >= 11 is 0. The van der Waals surface area contributed by atoms with E-state index in [4.69, 9.17) is 9.47 Å². The average molecular weight is 339 g/mol. The van der Waals surface area contributed by atoms with Crippen molar-refractivity contribution in [1.29, 1.82) is 0 Å². The Morgan fingerprint density at radius 3 is 2.62 bits per heavy atom. The molecule has 1 saturated carbocycles. The van der Waals surface area contributed by atoms with E-state index in [9.17, 15) is 4.79 Å². The van der Waals surface area contributed by atoms with Gasteiger partial charge in [-0.1, -0.05) is 19.3 Å². The quantitative estimate of drug-likeness (QED) is 0.821. The molecule has 0 spiro atoms. The summed E-state index contributed by atoms with van der Waals surface area (Å²) in [4.78, 5) is 14.9. The van der Waals surface area contributed by atoms with Crippen LogP contribution in [0.25, 0.3) is 0 Å². The Balaban J connectivity index is 1.52. The molecule has 2 atom stereocenters. The van der Waals surface area contributed by atoms with Crippen LogP contribution in [0.4, 0.5) is 4.79 Å². The first-order valence-electron chi connectivity index (χ1n) is 9.67. The highest BCUT2D eigenvalue weighted by Crippen LogP contribution is 2.33. The van der Waals surface area contributed by atoms with Crippen LogP contribution in [0.5, 0.6) is 0 Å². The lowest BCUT2D eigenvalue weighted by Gasteiger charge is -2.48. The Hall–Kier alpha value is -0.850. The molecule has 2 saturated heterocycles. The van der Waals surface area contributed by atoms with E-state index < -0.39 is 0 Å². The van der Waals surface area contributed by atoms with Crippen molar-refractivity contribution in [3.63, 3.8) is 0 Å². The van der Waals surface area contributed by atoms with Crippen molar-refractivity contribution in [3.8, 4) is 0 Å². The maximum absolute atomic E-state index is 12.4. The monoisotopic (exact) mass is 339 g/mol. The highest BCUT2D eigenvalue weighted by molar-refractivity contribution is 5.74. The lowest BCUT2D eigenvalue weighted by atomic mass is 9.80. The number of amides is 2. The number of hydrogen-bond donors (Lipinski definition) is 2. The summed E-state index contributed by atoms with van der Waals surface area (Å²) in [6.45, 7) is 7.16. The Labute approximate surface area is 145 Å². The Bertz CT molecular complexity index is 406. The zero-order valence-corrected chi connectivity index (χ0v) is 15.0. The topological polar surface area (TPSA) is 62.8 Å². The number of nitrogens with one attached hydrogen (secondary N) is 2. The zero-order valence-electron chi connectivity index (χ0n) is 15.0. The van der Waals surface area contributed by atoms with Crippen LogP contribution in [0.15, 0.2) is 0 Å². The molecule has 3 fully saturated rings. The van der Waals surface area contributed by atoms with E-state index in [1.54, 1.807) is 0 Å². The highest BCUT2D eigenvalue weighted by Gasteiger charge is 2.38. The molecule has 2 N–H and O–H groups in total. The van der Waals surface area contributed by atoms with Gasteiger partial charge in [0, 0.05) is 37.8 Å². The van der Waals surface area contributed by atoms with Crippen molar-refractivity contribution in [2.75, 3.05) is 39.5 Å². The van der Waals surface area contributed by atoms with E-state index in [1.165, 1.54) is 32.1 Å². The van der Waals surface area contributed by atoms with Gasteiger partial charge in [0.1, 0.15) is 0 Å². The molecule has 3 rings (SSSR count). The van der Waals surface area contributed by atoms with Crippen molar-refractivity contribution in [3.05, 3.63) is 0 Å². The van der Waals surface area contributed by atoms with Gasteiger partial charge in [0.25, 0.3) is 0 Å². The van der Waals surface area contributed by atoms with Crippen LogP contribution in [0, 0.1) is 0 Å². The predicted molar refractivity (Wildman–Crippen MR) is 93.2 cm³/mol. The summed E-state index contributed by atoms with van der Waals surface area (Å²) in [5, 5.41) is 6.32. The molecule has 6 heteroatoms. The minimum Gasteiger partial charge on any atom is -0.379 e. The van der Waals surface area contributed by atoms with E-state index in [2.05, 4.69) is 22.5 Å². The van der Waals surface area contributed by atoms with Crippen molar-refractivity contribution in [2.45, 2.75) is 69.6 Å². The van der Waals surface area contributed by atoms with E-state index in [0.717, 1.165) is 52.3 Å². The molecule has 1 aliphatic carbocycles. The largest absolute Gasteiger partial charge is 0.379 e. The molecule has 0 aromatic carbocycles. The standard InChI is InChI=1S/C18H33N3O3/c1-15-13-16(5-10-24-15)20-17(22)19-14-18(6-3-2-4-7-18)21-8-11-23-12-9-21/h15-16H,2-14H2,1H3,(H2,19,20,22)/t15-,16+/m0/s1. The van der Waals surface area contributed by atoms with Gasteiger partial charge in [-0.25, -0.2) is 4.79 Å². The molecule has 6 nitrogen and oxygen atoms in total. The average Bonchev–Trinajstić information content (AvgIpc) is 2.62. The van der Waals surface area contributed by atoms with Gasteiger partial charge < -0.3 is 20.1 Å². The van der Waals surface area contributed by atoms with Gasteiger partial charge in [0.15, 0.2) is 0 Å². The van der Waals surface area contributed by atoms with Gasteiger partial charge in [-0.15, -0.1) is 0 Å². The normalized spacial score (nSPS) is 31.4. The molecule has 0 aromatic heterocycles. The van der Waals surface area contributed by atoms with Gasteiger partial charge in [0.05, 0.1) is 19.3 Å². The number of morpholine rings is 1. The van der Waals surface area contributed by atoms with Crippen molar-refractivity contribution in [1.82, 2.24) is 15.5 Å². The lowest BCUT2D eigenvalue weighted by Crippen LogP contribution is -2.60. The van der Waals surface area contributed by atoms with Gasteiger partial charge in [-0.05, 0) is 32.6 Å². The Morgan fingerprint density at radius 2 is 1.92 bits per heavy atom. The van der Waals surface area contributed by atoms with Gasteiger partial charge >= 0.3 is 6.03 Å².